The van der Waals surface area contributed by atoms with Gasteiger partial charge < -0.3 is 4.42 Å². The predicted octanol–water partition coefficient (Wildman–Crippen LogP) is 3.79. The monoisotopic (exact) mass is 376 g/mol. The fourth-order valence-corrected chi connectivity index (χ4v) is 1.71. The zero-order valence-electron chi connectivity index (χ0n) is 7.52. The van der Waals surface area contributed by atoms with Crippen molar-refractivity contribution in [3.05, 3.63) is 44.6 Å². The number of rotatable bonds is 2. The lowest BCUT2D eigenvalue weighted by Gasteiger charge is -1.88. The third-order valence-electron chi connectivity index (χ3n) is 1.65. The third-order valence-corrected chi connectivity index (χ3v) is 3.78. The van der Waals surface area contributed by atoms with Crippen molar-refractivity contribution in [1.82, 2.24) is 4.98 Å². The minimum absolute atomic E-state index is 0.718. The molecule has 0 aromatic carbocycles. The van der Waals surface area contributed by atoms with E-state index in [9.17, 15) is 0 Å². The van der Waals surface area contributed by atoms with Crippen molar-refractivity contribution < 1.29 is 4.42 Å². The molecular formula is C10H6BrIN2O. The van der Waals surface area contributed by atoms with E-state index in [0.717, 1.165) is 19.7 Å². The molecule has 0 saturated heterocycles. The van der Waals surface area contributed by atoms with Crippen molar-refractivity contribution in [3.8, 4) is 0 Å². The number of aliphatic imine (C=N–C) groups is 1. The van der Waals surface area contributed by atoms with Gasteiger partial charge in [-0.05, 0) is 28.1 Å². The van der Waals surface area contributed by atoms with Crippen LogP contribution in [0.4, 0.5) is 5.69 Å². The fraction of sp³-hybridized carbons (Fsp3) is 0. The van der Waals surface area contributed by atoms with Gasteiger partial charge >= 0.3 is 0 Å². The highest BCUT2D eigenvalue weighted by molar-refractivity contribution is 14.1. The molecule has 0 spiro atoms. The number of aromatic nitrogens is 1. The van der Waals surface area contributed by atoms with E-state index in [-0.39, 0.29) is 0 Å². The Morgan fingerprint density at radius 3 is 3.00 bits per heavy atom. The van der Waals surface area contributed by atoms with Crippen molar-refractivity contribution in [2.75, 3.05) is 0 Å². The van der Waals surface area contributed by atoms with E-state index in [1.54, 1.807) is 18.6 Å². The van der Waals surface area contributed by atoms with Gasteiger partial charge in [0.15, 0.2) is 3.77 Å². The van der Waals surface area contributed by atoms with Gasteiger partial charge in [-0.3, -0.25) is 9.98 Å². The van der Waals surface area contributed by atoms with E-state index in [4.69, 9.17) is 4.42 Å². The Kier molecular flexibility index (Phi) is 3.53. The molecule has 76 valence electrons. The summed E-state index contributed by atoms with van der Waals surface area (Å²) in [7, 11) is 0. The lowest BCUT2D eigenvalue weighted by molar-refractivity contribution is 0.530. The van der Waals surface area contributed by atoms with E-state index < -0.39 is 0 Å². The standard InChI is InChI=1S/C10H6BrIN2O/c11-9-4-8(15-10(9)12)6-14-7-2-1-3-13-5-7/h1-6H. The van der Waals surface area contributed by atoms with Crippen molar-refractivity contribution in [1.29, 1.82) is 0 Å². The molecule has 0 saturated carbocycles. The quantitative estimate of drug-likeness (QED) is 0.590. The maximum absolute atomic E-state index is 5.41. The molecule has 0 radical (unpaired) electrons. The highest BCUT2D eigenvalue weighted by Gasteiger charge is 2.02. The van der Waals surface area contributed by atoms with Crippen LogP contribution >= 0.6 is 38.5 Å². The van der Waals surface area contributed by atoms with E-state index in [0.29, 0.717) is 0 Å². The van der Waals surface area contributed by atoms with E-state index in [1.807, 2.05) is 18.2 Å². The Bertz CT molecular complexity index is 462. The second-order valence-electron chi connectivity index (χ2n) is 2.74. The fourth-order valence-electron chi connectivity index (χ4n) is 0.995. The van der Waals surface area contributed by atoms with Gasteiger partial charge in [0.2, 0.25) is 0 Å². The Morgan fingerprint density at radius 2 is 2.40 bits per heavy atom. The molecule has 0 bridgehead atoms. The smallest absolute Gasteiger partial charge is 0.178 e. The molecule has 0 fully saturated rings. The zero-order chi connectivity index (χ0) is 10.7. The molecule has 0 unspecified atom stereocenters. The lowest BCUT2D eigenvalue weighted by atomic mass is 10.4. The number of hydrogen-bond donors (Lipinski definition) is 0. The van der Waals surface area contributed by atoms with Crippen molar-refractivity contribution in [2.24, 2.45) is 4.99 Å². The van der Waals surface area contributed by atoms with Crippen LogP contribution < -0.4 is 0 Å². The first-order valence-electron chi connectivity index (χ1n) is 4.14. The van der Waals surface area contributed by atoms with Gasteiger partial charge in [0.1, 0.15) is 5.76 Å². The minimum atomic E-state index is 0.718. The molecule has 2 rings (SSSR count). The highest BCUT2D eigenvalue weighted by Crippen LogP contribution is 2.22. The molecule has 0 N–H and O–H groups in total. The van der Waals surface area contributed by atoms with Gasteiger partial charge in [0, 0.05) is 34.9 Å². The second kappa shape index (κ2) is 4.89. The van der Waals surface area contributed by atoms with Gasteiger partial charge in [-0.1, -0.05) is 0 Å². The third kappa shape index (κ3) is 2.88. The highest BCUT2D eigenvalue weighted by atomic mass is 127. The molecule has 2 aromatic rings. The summed E-state index contributed by atoms with van der Waals surface area (Å²) in [6.45, 7) is 0. The summed E-state index contributed by atoms with van der Waals surface area (Å²) in [6.07, 6.45) is 5.08. The molecule has 0 atom stereocenters. The SMILES string of the molecule is Brc1cc(C=Nc2cccnc2)oc1I. The summed E-state index contributed by atoms with van der Waals surface area (Å²) in [5, 5.41) is 0. The lowest BCUT2D eigenvalue weighted by Crippen LogP contribution is -1.74. The van der Waals surface area contributed by atoms with E-state index in [2.05, 4.69) is 48.5 Å². The maximum Gasteiger partial charge on any atom is 0.178 e. The van der Waals surface area contributed by atoms with Gasteiger partial charge in [-0.15, -0.1) is 0 Å². The first-order valence-corrected chi connectivity index (χ1v) is 6.02. The molecule has 2 aromatic heterocycles. The van der Waals surface area contributed by atoms with Crippen molar-refractivity contribution in [3.63, 3.8) is 0 Å². The van der Waals surface area contributed by atoms with Gasteiger partial charge in [0.25, 0.3) is 0 Å². The molecule has 3 nitrogen and oxygen atoms in total. The van der Waals surface area contributed by atoms with E-state index in [1.165, 1.54) is 0 Å². The van der Waals surface area contributed by atoms with Crippen LogP contribution in [0.2, 0.25) is 0 Å². The average molecular weight is 377 g/mol. The van der Waals surface area contributed by atoms with Gasteiger partial charge in [-0.2, -0.15) is 0 Å². The number of furan rings is 1. The molecule has 0 aliphatic carbocycles. The minimum Gasteiger partial charge on any atom is -0.448 e. The first kappa shape index (κ1) is 10.8. The second-order valence-corrected chi connectivity index (χ2v) is 4.57. The molecule has 2 heterocycles. The van der Waals surface area contributed by atoms with Crippen LogP contribution in [-0.4, -0.2) is 11.2 Å². The van der Waals surface area contributed by atoms with Crippen LogP contribution in [0.25, 0.3) is 0 Å². The maximum atomic E-state index is 5.41. The number of hydrogen-bond acceptors (Lipinski definition) is 3. The summed E-state index contributed by atoms with van der Waals surface area (Å²) in [5.74, 6) is 0.718. The first-order chi connectivity index (χ1) is 7.25. The van der Waals surface area contributed by atoms with Crippen LogP contribution in [0.1, 0.15) is 5.76 Å². The van der Waals surface area contributed by atoms with Gasteiger partial charge in [0.05, 0.1) is 22.6 Å². The normalized spacial score (nSPS) is 11.1. The Labute approximate surface area is 109 Å². The van der Waals surface area contributed by atoms with Crippen LogP contribution in [0.5, 0.6) is 0 Å². The summed E-state index contributed by atoms with van der Waals surface area (Å²) in [5.41, 5.74) is 0.806. The molecular weight excluding hydrogens is 371 g/mol. The van der Waals surface area contributed by atoms with Crippen molar-refractivity contribution >= 4 is 50.4 Å². The molecule has 15 heavy (non-hydrogen) atoms. The van der Waals surface area contributed by atoms with Crippen molar-refractivity contribution in [2.45, 2.75) is 0 Å². The topological polar surface area (TPSA) is 38.4 Å². The number of pyridine rings is 1. The molecule has 0 aliphatic heterocycles. The van der Waals surface area contributed by atoms with Crippen LogP contribution in [0.15, 0.2) is 44.5 Å². The molecule has 5 heteroatoms. The van der Waals surface area contributed by atoms with E-state index >= 15 is 0 Å². The van der Waals surface area contributed by atoms with Crippen LogP contribution in [0.3, 0.4) is 0 Å². The predicted molar refractivity (Wildman–Crippen MR) is 70.6 cm³/mol. The van der Waals surface area contributed by atoms with Gasteiger partial charge in [-0.25, -0.2) is 0 Å². The number of halogens is 2. The summed E-state index contributed by atoms with van der Waals surface area (Å²) >= 11 is 5.48. The zero-order valence-corrected chi connectivity index (χ0v) is 11.3. The molecule has 0 amide bonds. The van der Waals surface area contributed by atoms with Crippen LogP contribution in [0, 0.1) is 3.77 Å². The Hall–Kier alpha value is -0.690. The summed E-state index contributed by atoms with van der Waals surface area (Å²) in [6, 6.07) is 5.60. The average Bonchev–Trinajstić information content (AvgIpc) is 2.57. The summed E-state index contributed by atoms with van der Waals surface area (Å²) in [4.78, 5) is 8.19. The Balaban J connectivity index is 2.19. The largest absolute Gasteiger partial charge is 0.448 e. The van der Waals surface area contributed by atoms with Crippen LogP contribution in [-0.2, 0) is 0 Å². The molecule has 0 aliphatic rings. The number of nitrogens with zero attached hydrogens (tertiary/aromatic N) is 2. The summed E-state index contributed by atoms with van der Waals surface area (Å²) < 4.78 is 7.17. The Morgan fingerprint density at radius 1 is 1.53 bits per heavy atom.